The zero-order valence-corrected chi connectivity index (χ0v) is 11.2. The Labute approximate surface area is 120 Å². The van der Waals surface area contributed by atoms with Gasteiger partial charge in [-0.05, 0) is 12.1 Å². The SMILES string of the molecule is N/C(=N/O)c1cccc(CNCc2ccccc2F)c1F. The molecule has 0 heterocycles. The molecule has 110 valence electrons. The fourth-order valence-electron chi connectivity index (χ4n) is 1.94. The molecule has 21 heavy (non-hydrogen) atoms. The van der Waals surface area contributed by atoms with E-state index in [1.807, 2.05) is 0 Å². The van der Waals surface area contributed by atoms with Crippen LogP contribution in [0.1, 0.15) is 16.7 Å². The Morgan fingerprint density at radius 2 is 1.71 bits per heavy atom. The van der Waals surface area contributed by atoms with E-state index in [1.165, 1.54) is 12.1 Å². The fraction of sp³-hybridized carbons (Fsp3) is 0.133. The van der Waals surface area contributed by atoms with Gasteiger partial charge in [0, 0.05) is 24.2 Å². The second-order valence-corrected chi connectivity index (χ2v) is 4.46. The molecule has 0 spiro atoms. The first-order valence-corrected chi connectivity index (χ1v) is 6.33. The van der Waals surface area contributed by atoms with Crippen molar-refractivity contribution in [3.8, 4) is 0 Å². The molecule has 0 saturated heterocycles. The Morgan fingerprint density at radius 3 is 2.43 bits per heavy atom. The minimum Gasteiger partial charge on any atom is -0.409 e. The van der Waals surface area contributed by atoms with Gasteiger partial charge in [-0.3, -0.25) is 0 Å². The number of nitrogens with zero attached hydrogens (tertiary/aromatic N) is 1. The van der Waals surface area contributed by atoms with Gasteiger partial charge >= 0.3 is 0 Å². The second kappa shape index (κ2) is 6.81. The van der Waals surface area contributed by atoms with E-state index >= 15 is 0 Å². The summed E-state index contributed by atoms with van der Waals surface area (Å²) in [6.07, 6.45) is 0. The van der Waals surface area contributed by atoms with E-state index in [1.54, 1.807) is 30.3 Å². The van der Waals surface area contributed by atoms with Crippen LogP contribution in [-0.2, 0) is 13.1 Å². The zero-order valence-electron chi connectivity index (χ0n) is 11.2. The summed E-state index contributed by atoms with van der Waals surface area (Å²) in [5, 5.41) is 14.3. The number of amidine groups is 1. The number of hydrogen-bond donors (Lipinski definition) is 3. The molecule has 0 atom stereocenters. The summed E-state index contributed by atoms with van der Waals surface area (Å²) in [5.41, 5.74) is 6.29. The van der Waals surface area contributed by atoms with Crippen molar-refractivity contribution in [1.29, 1.82) is 0 Å². The van der Waals surface area contributed by atoms with Gasteiger partial charge in [-0.2, -0.15) is 0 Å². The lowest BCUT2D eigenvalue weighted by Crippen LogP contribution is -2.19. The minimum atomic E-state index is -0.561. The number of nitrogens with one attached hydrogen (secondary N) is 1. The van der Waals surface area contributed by atoms with E-state index in [-0.39, 0.29) is 30.3 Å². The van der Waals surface area contributed by atoms with E-state index in [0.29, 0.717) is 11.1 Å². The number of benzene rings is 2. The molecule has 0 saturated carbocycles. The standard InChI is InChI=1S/C15H15F2N3O/c16-13-7-2-1-4-10(13)8-19-9-11-5-3-6-12(14(11)17)15(18)20-21/h1-7,19,21H,8-9H2,(H2,18,20). The molecule has 4 N–H and O–H groups in total. The summed E-state index contributed by atoms with van der Waals surface area (Å²) in [5.74, 6) is -1.16. The average Bonchev–Trinajstić information content (AvgIpc) is 2.50. The highest BCUT2D eigenvalue weighted by Gasteiger charge is 2.11. The molecule has 0 fully saturated rings. The Bertz CT molecular complexity index is 659. The molecule has 0 aromatic heterocycles. The van der Waals surface area contributed by atoms with Gasteiger partial charge < -0.3 is 16.3 Å². The Hall–Kier alpha value is -2.47. The highest BCUT2D eigenvalue weighted by Crippen LogP contribution is 2.13. The molecule has 0 radical (unpaired) electrons. The smallest absolute Gasteiger partial charge is 0.173 e. The van der Waals surface area contributed by atoms with E-state index in [4.69, 9.17) is 10.9 Å². The molecule has 0 aliphatic heterocycles. The lowest BCUT2D eigenvalue weighted by Gasteiger charge is -2.09. The van der Waals surface area contributed by atoms with Crippen molar-refractivity contribution in [1.82, 2.24) is 5.32 Å². The molecule has 2 aromatic carbocycles. The van der Waals surface area contributed by atoms with Crippen molar-refractivity contribution < 1.29 is 14.0 Å². The predicted octanol–water partition coefficient (Wildman–Crippen LogP) is 2.35. The van der Waals surface area contributed by atoms with Gasteiger partial charge in [-0.25, -0.2) is 8.78 Å². The first kappa shape index (κ1) is 14.9. The Morgan fingerprint density at radius 1 is 1.05 bits per heavy atom. The summed E-state index contributed by atoms with van der Waals surface area (Å²) >= 11 is 0. The third-order valence-electron chi connectivity index (χ3n) is 3.05. The van der Waals surface area contributed by atoms with Crippen molar-refractivity contribution in [3.63, 3.8) is 0 Å². The maximum atomic E-state index is 14.1. The van der Waals surface area contributed by atoms with Crippen LogP contribution in [0.4, 0.5) is 8.78 Å². The van der Waals surface area contributed by atoms with Crippen LogP contribution in [0, 0.1) is 11.6 Å². The van der Waals surface area contributed by atoms with Crippen LogP contribution in [0.2, 0.25) is 0 Å². The van der Waals surface area contributed by atoms with E-state index in [0.717, 1.165) is 0 Å². The van der Waals surface area contributed by atoms with Crippen molar-refractivity contribution in [2.45, 2.75) is 13.1 Å². The van der Waals surface area contributed by atoms with Crippen molar-refractivity contribution >= 4 is 5.84 Å². The van der Waals surface area contributed by atoms with Crippen molar-refractivity contribution in [3.05, 3.63) is 70.8 Å². The molecule has 2 rings (SSSR count). The monoisotopic (exact) mass is 291 g/mol. The fourth-order valence-corrected chi connectivity index (χ4v) is 1.94. The molecule has 0 bridgehead atoms. The first-order valence-electron chi connectivity index (χ1n) is 6.33. The van der Waals surface area contributed by atoms with E-state index < -0.39 is 5.82 Å². The quantitative estimate of drug-likeness (QED) is 0.343. The number of halogens is 2. The molecule has 0 aliphatic rings. The first-order chi connectivity index (χ1) is 10.1. The van der Waals surface area contributed by atoms with Gasteiger partial charge in [-0.1, -0.05) is 35.5 Å². The molecule has 0 aliphatic carbocycles. The maximum Gasteiger partial charge on any atom is 0.173 e. The zero-order chi connectivity index (χ0) is 15.2. The van der Waals surface area contributed by atoms with Crippen molar-refractivity contribution in [2.75, 3.05) is 0 Å². The number of nitrogens with two attached hydrogens (primary N) is 1. The molecule has 0 unspecified atom stereocenters. The summed E-state index contributed by atoms with van der Waals surface area (Å²) in [6, 6.07) is 11.0. The summed E-state index contributed by atoms with van der Waals surface area (Å²) < 4.78 is 27.6. The van der Waals surface area contributed by atoms with Crippen LogP contribution < -0.4 is 11.1 Å². The van der Waals surface area contributed by atoms with Crippen LogP contribution in [0.5, 0.6) is 0 Å². The maximum absolute atomic E-state index is 14.1. The molecule has 4 nitrogen and oxygen atoms in total. The van der Waals surface area contributed by atoms with Crippen LogP contribution in [0.25, 0.3) is 0 Å². The van der Waals surface area contributed by atoms with Gasteiger partial charge in [0.25, 0.3) is 0 Å². The van der Waals surface area contributed by atoms with Gasteiger partial charge in [0.1, 0.15) is 11.6 Å². The number of rotatable bonds is 5. The highest BCUT2D eigenvalue weighted by molar-refractivity contribution is 5.97. The van der Waals surface area contributed by atoms with Gasteiger partial charge in [0.05, 0.1) is 5.56 Å². The summed E-state index contributed by atoms with van der Waals surface area (Å²) in [4.78, 5) is 0. The molecule has 2 aromatic rings. The average molecular weight is 291 g/mol. The molecular weight excluding hydrogens is 276 g/mol. The van der Waals surface area contributed by atoms with Crippen LogP contribution in [0.15, 0.2) is 47.6 Å². The van der Waals surface area contributed by atoms with Crippen LogP contribution in [0.3, 0.4) is 0 Å². The van der Waals surface area contributed by atoms with Gasteiger partial charge in [0.2, 0.25) is 0 Å². The van der Waals surface area contributed by atoms with E-state index in [9.17, 15) is 8.78 Å². The van der Waals surface area contributed by atoms with E-state index in [2.05, 4.69) is 10.5 Å². The normalized spacial score (nSPS) is 11.6. The molecule has 6 heteroatoms. The number of oxime groups is 1. The summed E-state index contributed by atoms with van der Waals surface area (Å²) in [6.45, 7) is 0.479. The topological polar surface area (TPSA) is 70.6 Å². The third-order valence-corrected chi connectivity index (χ3v) is 3.05. The highest BCUT2D eigenvalue weighted by atomic mass is 19.1. The van der Waals surface area contributed by atoms with Crippen LogP contribution in [-0.4, -0.2) is 11.0 Å². The summed E-state index contributed by atoms with van der Waals surface area (Å²) in [7, 11) is 0. The van der Waals surface area contributed by atoms with Crippen molar-refractivity contribution in [2.24, 2.45) is 10.9 Å². The minimum absolute atomic E-state index is 0.0303. The van der Waals surface area contributed by atoms with Gasteiger partial charge in [-0.15, -0.1) is 0 Å². The Balaban J connectivity index is 2.06. The van der Waals surface area contributed by atoms with Gasteiger partial charge in [0.15, 0.2) is 5.84 Å². The largest absolute Gasteiger partial charge is 0.409 e. The molecule has 0 amide bonds. The third kappa shape index (κ3) is 3.55. The predicted molar refractivity (Wildman–Crippen MR) is 75.9 cm³/mol. The second-order valence-electron chi connectivity index (χ2n) is 4.46. The Kier molecular flexibility index (Phi) is 4.84. The lowest BCUT2D eigenvalue weighted by atomic mass is 10.1. The number of hydrogen-bond acceptors (Lipinski definition) is 3. The van der Waals surface area contributed by atoms with Crippen LogP contribution >= 0.6 is 0 Å². The lowest BCUT2D eigenvalue weighted by molar-refractivity contribution is 0.318. The molecular formula is C15H15F2N3O.